The number of rotatable bonds is 3. The van der Waals surface area contributed by atoms with Crippen LogP contribution >= 0.6 is 0 Å². The molecule has 0 aliphatic carbocycles. The fraction of sp³-hybridized carbons (Fsp3) is 0.308. The first-order chi connectivity index (χ1) is 9.11. The quantitative estimate of drug-likeness (QED) is 0.681. The monoisotopic (exact) mass is 261 g/mol. The smallest absolute Gasteiger partial charge is 0.254 e. The molecule has 1 aliphatic rings. The van der Waals surface area contributed by atoms with E-state index in [-0.39, 0.29) is 18.2 Å². The molecule has 1 saturated heterocycles. The van der Waals surface area contributed by atoms with Crippen LogP contribution in [0, 0.1) is 0 Å². The highest BCUT2D eigenvalue weighted by molar-refractivity contribution is 6.05. The van der Waals surface area contributed by atoms with Crippen molar-refractivity contribution in [2.24, 2.45) is 0 Å². The van der Waals surface area contributed by atoms with Gasteiger partial charge in [0.15, 0.2) is 0 Å². The zero-order valence-electron chi connectivity index (χ0n) is 10.5. The van der Waals surface area contributed by atoms with Crippen LogP contribution in [0.15, 0.2) is 24.3 Å². The number of hydrogen-bond acceptors (Lipinski definition) is 4. The fourth-order valence-electron chi connectivity index (χ4n) is 1.97. The molecule has 1 aromatic carbocycles. The SMILES string of the molecule is CNc1ccccc1C(=O)NC1CCC(=O)NC1=O. The summed E-state index contributed by atoms with van der Waals surface area (Å²) in [6.07, 6.45) is 0.572. The van der Waals surface area contributed by atoms with Gasteiger partial charge in [0.05, 0.1) is 5.56 Å². The van der Waals surface area contributed by atoms with Crippen LogP contribution in [0.25, 0.3) is 0 Å². The number of para-hydroxylation sites is 1. The fourth-order valence-corrected chi connectivity index (χ4v) is 1.97. The summed E-state index contributed by atoms with van der Waals surface area (Å²) in [5.74, 6) is -1.09. The molecule has 0 spiro atoms. The van der Waals surface area contributed by atoms with E-state index in [1.54, 1.807) is 25.2 Å². The summed E-state index contributed by atoms with van der Waals surface area (Å²) in [5, 5.41) is 7.76. The molecule has 1 unspecified atom stereocenters. The Hall–Kier alpha value is -2.37. The molecule has 2 rings (SSSR count). The second kappa shape index (κ2) is 5.51. The number of amides is 3. The van der Waals surface area contributed by atoms with Gasteiger partial charge in [-0.05, 0) is 18.6 Å². The summed E-state index contributed by atoms with van der Waals surface area (Å²) in [7, 11) is 1.72. The van der Waals surface area contributed by atoms with Gasteiger partial charge >= 0.3 is 0 Å². The summed E-state index contributed by atoms with van der Waals surface area (Å²) in [6, 6.07) is 6.36. The lowest BCUT2D eigenvalue weighted by atomic mass is 10.1. The Balaban J connectivity index is 2.09. The maximum Gasteiger partial charge on any atom is 0.254 e. The first kappa shape index (κ1) is 13.1. The maximum absolute atomic E-state index is 12.1. The zero-order chi connectivity index (χ0) is 13.8. The van der Waals surface area contributed by atoms with Crippen molar-refractivity contribution in [3.05, 3.63) is 29.8 Å². The summed E-state index contributed by atoms with van der Waals surface area (Å²) < 4.78 is 0. The highest BCUT2D eigenvalue weighted by Crippen LogP contribution is 2.15. The Kier molecular flexibility index (Phi) is 3.79. The molecule has 1 fully saturated rings. The van der Waals surface area contributed by atoms with E-state index in [2.05, 4.69) is 16.0 Å². The Morgan fingerprint density at radius 3 is 2.74 bits per heavy atom. The van der Waals surface area contributed by atoms with Crippen molar-refractivity contribution in [1.29, 1.82) is 0 Å². The lowest BCUT2D eigenvalue weighted by Gasteiger charge is -2.22. The van der Waals surface area contributed by atoms with Gasteiger partial charge in [-0.1, -0.05) is 12.1 Å². The number of nitrogens with one attached hydrogen (secondary N) is 3. The average Bonchev–Trinajstić information content (AvgIpc) is 2.41. The van der Waals surface area contributed by atoms with Crippen LogP contribution < -0.4 is 16.0 Å². The molecule has 1 heterocycles. The van der Waals surface area contributed by atoms with Crippen molar-refractivity contribution in [3.8, 4) is 0 Å². The van der Waals surface area contributed by atoms with Gasteiger partial charge in [0.25, 0.3) is 5.91 Å². The summed E-state index contributed by atoms with van der Waals surface area (Å²) in [6.45, 7) is 0. The van der Waals surface area contributed by atoms with Crippen LogP contribution in [0.5, 0.6) is 0 Å². The molecule has 1 aromatic rings. The second-order valence-electron chi connectivity index (χ2n) is 4.27. The molecule has 100 valence electrons. The molecule has 19 heavy (non-hydrogen) atoms. The summed E-state index contributed by atoms with van der Waals surface area (Å²) >= 11 is 0. The number of anilines is 1. The molecule has 1 atom stereocenters. The van der Waals surface area contributed by atoms with E-state index >= 15 is 0 Å². The number of carbonyl (C=O) groups is 3. The Bertz CT molecular complexity index is 528. The predicted octanol–water partition coefficient (Wildman–Crippen LogP) is 0.263. The van der Waals surface area contributed by atoms with E-state index in [0.717, 1.165) is 0 Å². The van der Waals surface area contributed by atoms with Gasteiger partial charge in [-0.2, -0.15) is 0 Å². The van der Waals surface area contributed by atoms with Crippen LogP contribution in [0.2, 0.25) is 0 Å². The maximum atomic E-state index is 12.1. The number of hydrogen-bond donors (Lipinski definition) is 3. The van der Waals surface area contributed by atoms with Gasteiger partial charge < -0.3 is 10.6 Å². The van der Waals surface area contributed by atoms with Crippen LogP contribution in [-0.2, 0) is 9.59 Å². The van der Waals surface area contributed by atoms with Crippen LogP contribution in [0.1, 0.15) is 23.2 Å². The Morgan fingerprint density at radius 1 is 1.32 bits per heavy atom. The largest absolute Gasteiger partial charge is 0.387 e. The highest BCUT2D eigenvalue weighted by atomic mass is 16.2. The van der Waals surface area contributed by atoms with Gasteiger partial charge in [0, 0.05) is 19.2 Å². The third-order valence-electron chi connectivity index (χ3n) is 2.99. The van der Waals surface area contributed by atoms with Gasteiger partial charge in [-0.3, -0.25) is 19.7 Å². The highest BCUT2D eigenvalue weighted by Gasteiger charge is 2.28. The topological polar surface area (TPSA) is 87.3 Å². The number of benzene rings is 1. The molecule has 1 aliphatic heterocycles. The van der Waals surface area contributed by atoms with Gasteiger partial charge in [-0.25, -0.2) is 0 Å². The lowest BCUT2D eigenvalue weighted by molar-refractivity contribution is -0.134. The van der Waals surface area contributed by atoms with Crippen molar-refractivity contribution in [2.45, 2.75) is 18.9 Å². The van der Waals surface area contributed by atoms with E-state index in [1.807, 2.05) is 6.07 Å². The van der Waals surface area contributed by atoms with Crippen LogP contribution in [-0.4, -0.2) is 30.8 Å². The lowest BCUT2D eigenvalue weighted by Crippen LogP contribution is -2.52. The molecule has 0 bridgehead atoms. The van der Waals surface area contributed by atoms with Crippen molar-refractivity contribution >= 4 is 23.4 Å². The van der Waals surface area contributed by atoms with Crippen molar-refractivity contribution in [1.82, 2.24) is 10.6 Å². The normalized spacial score (nSPS) is 18.7. The molecular weight excluding hydrogens is 246 g/mol. The van der Waals surface area contributed by atoms with E-state index < -0.39 is 11.9 Å². The van der Waals surface area contributed by atoms with E-state index in [0.29, 0.717) is 17.7 Å². The summed E-state index contributed by atoms with van der Waals surface area (Å²) in [5.41, 5.74) is 1.15. The minimum Gasteiger partial charge on any atom is -0.387 e. The minimum absolute atomic E-state index is 0.240. The third kappa shape index (κ3) is 2.90. The second-order valence-corrected chi connectivity index (χ2v) is 4.27. The molecule has 6 nitrogen and oxygen atoms in total. The molecule has 0 radical (unpaired) electrons. The first-order valence-electron chi connectivity index (χ1n) is 6.03. The average molecular weight is 261 g/mol. The van der Waals surface area contributed by atoms with Crippen molar-refractivity contribution in [3.63, 3.8) is 0 Å². The van der Waals surface area contributed by atoms with Crippen LogP contribution in [0.4, 0.5) is 5.69 Å². The van der Waals surface area contributed by atoms with Crippen molar-refractivity contribution in [2.75, 3.05) is 12.4 Å². The molecule has 0 saturated carbocycles. The van der Waals surface area contributed by atoms with E-state index in [9.17, 15) is 14.4 Å². The van der Waals surface area contributed by atoms with E-state index in [1.165, 1.54) is 0 Å². The standard InChI is InChI=1S/C13H15N3O3/c1-14-9-5-3-2-4-8(9)12(18)15-10-6-7-11(17)16-13(10)19/h2-5,10,14H,6-7H2,1H3,(H,15,18)(H,16,17,19). The number of imide groups is 1. The molecule has 6 heteroatoms. The number of piperidine rings is 1. The Labute approximate surface area is 110 Å². The van der Waals surface area contributed by atoms with Gasteiger partial charge in [0.2, 0.25) is 11.8 Å². The van der Waals surface area contributed by atoms with Crippen LogP contribution in [0.3, 0.4) is 0 Å². The summed E-state index contributed by atoms with van der Waals surface area (Å²) in [4.78, 5) is 34.7. The molecule has 3 N–H and O–H groups in total. The molecular formula is C13H15N3O3. The zero-order valence-corrected chi connectivity index (χ0v) is 10.5. The minimum atomic E-state index is -0.657. The Morgan fingerprint density at radius 2 is 2.05 bits per heavy atom. The van der Waals surface area contributed by atoms with Crippen molar-refractivity contribution < 1.29 is 14.4 Å². The van der Waals surface area contributed by atoms with Gasteiger partial charge in [0.1, 0.15) is 6.04 Å². The number of carbonyl (C=O) groups excluding carboxylic acids is 3. The third-order valence-corrected chi connectivity index (χ3v) is 2.99. The predicted molar refractivity (Wildman–Crippen MR) is 69.6 cm³/mol. The molecule has 3 amide bonds. The van der Waals surface area contributed by atoms with E-state index in [4.69, 9.17) is 0 Å². The van der Waals surface area contributed by atoms with Gasteiger partial charge in [-0.15, -0.1) is 0 Å². The molecule has 0 aromatic heterocycles. The first-order valence-corrected chi connectivity index (χ1v) is 6.03.